The first kappa shape index (κ1) is 17.2. The first-order valence-corrected chi connectivity index (χ1v) is 9.48. The van der Waals surface area contributed by atoms with Crippen molar-refractivity contribution in [2.75, 3.05) is 7.11 Å². The van der Waals surface area contributed by atoms with Crippen molar-refractivity contribution in [3.05, 3.63) is 83.2 Å². The van der Waals surface area contributed by atoms with Crippen LogP contribution in [0.25, 0.3) is 21.5 Å². The molecule has 0 fully saturated rings. The number of ether oxygens (including phenoxy) is 1. The maximum absolute atomic E-state index is 13.0. The monoisotopic (exact) mass is 374 g/mol. The number of amides is 1. The summed E-state index contributed by atoms with van der Waals surface area (Å²) in [6, 6.07) is 21.3. The predicted molar refractivity (Wildman–Crippen MR) is 109 cm³/mol. The molecule has 27 heavy (non-hydrogen) atoms. The van der Waals surface area contributed by atoms with Crippen molar-refractivity contribution in [2.24, 2.45) is 0 Å². The van der Waals surface area contributed by atoms with E-state index < -0.39 is 0 Å². The number of fused-ring (bicyclic) bond motifs is 1. The number of rotatable bonds is 5. The third kappa shape index (κ3) is 3.55. The van der Waals surface area contributed by atoms with Crippen LogP contribution in [0.3, 0.4) is 0 Å². The summed E-state index contributed by atoms with van der Waals surface area (Å²) in [6.07, 6.45) is 0. The van der Waals surface area contributed by atoms with Gasteiger partial charge in [0.1, 0.15) is 5.75 Å². The minimum atomic E-state index is -0.127. The van der Waals surface area contributed by atoms with Crippen LogP contribution >= 0.6 is 11.3 Å². The summed E-state index contributed by atoms with van der Waals surface area (Å²) in [4.78, 5) is 18.7. The van der Waals surface area contributed by atoms with Crippen LogP contribution in [0.4, 0.5) is 0 Å². The number of thiophene rings is 1. The molecule has 2 aromatic heterocycles. The Hall–Kier alpha value is -3.18. The molecular weight excluding hydrogens is 356 g/mol. The summed E-state index contributed by atoms with van der Waals surface area (Å²) in [7, 11) is 1.63. The van der Waals surface area contributed by atoms with Crippen LogP contribution in [0.15, 0.2) is 72.1 Å². The first-order chi connectivity index (χ1) is 13.3. The average Bonchev–Trinajstić information content (AvgIpc) is 3.26. The smallest absolute Gasteiger partial charge is 0.252 e. The zero-order chi connectivity index (χ0) is 18.6. The molecule has 0 spiro atoms. The molecule has 0 saturated carbocycles. The van der Waals surface area contributed by atoms with E-state index in [2.05, 4.69) is 5.32 Å². The second-order valence-electron chi connectivity index (χ2n) is 6.04. The molecule has 2 aromatic carbocycles. The van der Waals surface area contributed by atoms with Gasteiger partial charge in [0.15, 0.2) is 0 Å². The molecule has 1 N–H and O–H groups in total. The molecule has 4 nitrogen and oxygen atoms in total. The van der Waals surface area contributed by atoms with Crippen LogP contribution in [-0.4, -0.2) is 18.0 Å². The minimum Gasteiger partial charge on any atom is -0.496 e. The predicted octanol–water partition coefficient (Wildman–Crippen LogP) is 4.90. The van der Waals surface area contributed by atoms with Crippen LogP contribution in [0.1, 0.15) is 15.9 Å². The van der Waals surface area contributed by atoms with Gasteiger partial charge in [-0.05, 0) is 29.6 Å². The Kier molecular flexibility index (Phi) is 4.85. The maximum Gasteiger partial charge on any atom is 0.252 e. The van der Waals surface area contributed by atoms with Crippen LogP contribution in [-0.2, 0) is 6.54 Å². The van der Waals surface area contributed by atoms with Crippen LogP contribution in [0, 0.1) is 0 Å². The van der Waals surface area contributed by atoms with Gasteiger partial charge in [-0.15, -0.1) is 11.3 Å². The van der Waals surface area contributed by atoms with Gasteiger partial charge in [0, 0.05) is 17.5 Å². The average molecular weight is 374 g/mol. The molecule has 1 amide bonds. The van der Waals surface area contributed by atoms with E-state index in [1.807, 2.05) is 72.1 Å². The van der Waals surface area contributed by atoms with Gasteiger partial charge in [0.2, 0.25) is 0 Å². The third-order valence-electron chi connectivity index (χ3n) is 4.37. The molecule has 4 rings (SSSR count). The summed E-state index contributed by atoms with van der Waals surface area (Å²) in [5.74, 6) is 0.633. The molecule has 134 valence electrons. The molecule has 0 bridgehead atoms. The number of nitrogens with zero attached hydrogens (tertiary/aromatic N) is 1. The van der Waals surface area contributed by atoms with Gasteiger partial charge in [-0.1, -0.05) is 42.5 Å². The fourth-order valence-corrected chi connectivity index (χ4v) is 3.72. The Bertz CT molecular complexity index is 1090. The number of methoxy groups -OCH3 is 1. The maximum atomic E-state index is 13.0. The van der Waals surface area contributed by atoms with Gasteiger partial charge >= 0.3 is 0 Å². The van der Waals surface area contributed by atoms with E-state index in [-0.39, 0.29) is 5.91 Å². The molecule has 2 heterocycles. The molecule has 0 unspecified atom stereocenters. The Labute approximate surface area is 161 Å². The Morgan fingerprint density at radius 2 is 1.89 bits per heavy atom. The molecule has 0 atom stereocenters. The van der Waals surface area contributed by atoms with E-state index in [0.29, 0.717) is 12.1 Å². The molecular formula is C22H18N2O2S. The molecule has 0 aliphatic heterocycles. The summed E-state index contributed by atoms with van der Waals surface area (Å²) < 4.78 is 5.36. The fraction of sp³-hybridized carbons (Fsp3) is 0.0909. The van der Waals surface area contributed by atoms with Crippen molar-refractivity contribution in [3.8, 4) is 16.3 Å². The van der Waals surface area contributed by atoms with Gasteiger partial charge in [0.25, 0.3) is 5.91 Å². The van der Waals surface area contributed by atoms with Crippen molar-refractivity contribution in [1.29, 1.82) is 0 Å². The standard InChI is InChI=1S/C22H18N2O2S/c1-26-20-10-5-2-7-15(20)14-23-22(25)17-13-19(21-11-6-12-27-21)24-18-9-4-3-8-16(17)18/h2-13H,14H2,1H3,(H,23,25). The van der Waals surface area contributed by atoms with Crippen molar-refractivity contribution < 1.29 is 9.53 Å². The van der Waals surface area contributed by atoms with Crippen LogP contribution < -0.4 is 10.1 Å². The number of benzene rings is 2. The Morgan fingerprint density at radius 3 is 2.70 bits per heavy atom. The van der Waals surface area contributed by atoms with Gasteiger partial charge in [-0.3, -0.25) is 4.79 Å². The van der Waals surface area contributed by atoms with E-state index in [4.69, 9.17) is 9.72 Å². The molecule has 0 aliphatic rings. The lowest BCUT2D eigenvalue weighted by molar-refractivity contribution is 0.0952. The van der Waals surface area contributed by atoms with Crippen molar-refractivity contribution in [2.45, 2.75) is 6.54 Å². The molecule has 5 heteroatoms. The topological polar surface area (TPSA) is 51.2 Å². The van der Waals surface area contributed by atoms with E-state index >= 15 is 0 Å². The first-order valence-electron chi connectivity index (χ1n) is 8.60. The largest absolute Gasteiger partial charge is 0.496 e. The lowest BCUT2D eigenvalue weighted by atomic mass is 10.1. The highest BCUT2D eigenvalue weighted by Gasteiger charge is 2.14. The Morgan fingerprint density at radius 1 is 1.07 bits per heavy atom. The van der Waals surface area contributed by atoms with E-state index in [0.717, 1.165) is 32.8 Å². The van der Waals surface area contributed by atoms with Crippen molar-refractivity contribution >= 4 is 28.1 Å². The normalized spacial score (nSPS) is 10.7. The number of hydrogen-bond donors (Lipinski definition) is 1. The van der Waals surface area contributed by atoms with Crippen LogP contribution in [0.5, 0.6) is 5.75 Å². The molecule has 4 aromatic rings. The lowest BCUT2D eigenvalue weighted by Crippen LogP contribution is -2.23. The summed E-state index contributed by atoms with van der Waals surface area (Å²) in [5, 5.41) is 5.86. The minimum absolute atomic E-state index is 0.127. The quantitative estimate of drug-likeness (QED) is 0.540. The van der Waals surface area contributed by atoms with Crippen LogP contribution in [0.2, 0.25) is 0 Å². The Balaban J connectivity index is 1.68. The van der Waals surface area contributed by atoms with Crippen molar-refractivity contribution in [1.82, 2.24) is 10.3 Å². The molecule has 0 saturated heterocycles. The lowest BCUT2D eigenvalue weighted by Gasteiger charge is -2.12. The molecule has 0 aliphatic carbocycles. The SMILES string of the molecule is COc1ccccc1CNC(=O)c1cc(-c2cccs2)nc2ccccc12. The number of carbonyl (C=O) groups excluding carboxylic acids is 1. The fourth-order valence-electron chi connectivity index (χ4n) is 3.03. The highest BCUT2D eigenvalue weighted by Crippen LogP contribution is 2.28. The number of aromatic nitrogens is 1. The van der Waals surface area contributed by atoms with E-state index in [1.165, 1.54) is 0 Å². The van der Waals surface area contributed by atoms with Gasteiger partial charge in [0.05, 0.1) is 28.8 Å². The highest BCUT2D eigenvalue weighted by molar-refractivity contribution is 7.13. The second-order valence-corrected chi connectivity index (χ2v) is 6.99. The van der Waals surface area contributed by atoms with Gasteiger partial charge in [-0.25, -0.2) is 4.98 Å². The number of hydrogen-bond acceptors (Lipinski definition) is 4. The number of para-hydroxylation sites is 2. The zero-order valence-corrected chi connectivity index (χ0v) is 15.6. The van der Waals surface area contributed by atoms with Gasteiger partial charge in [-0.2, -0.15) is 0 Å². The van der Waals surface area contributed by atoms with E-state index in [1.54, 1.807) is 18.4 Å². The third-order valence-corrected chi connectivity index (χ3v) is 5.26. The van der Waals surface area contributed by atoms with E-state index in [9.17, 15) is 4.79 Å². The number of pyridine rings is 1. The molecule has 0 radical (unpaired) electrons. The summed E-state index contributed by atoms with van der Waals surface area (Å²) in [5.41, 5.74) is 3.18. The number of nitrogens with one attached hydrogen (secondary N) is 1. The zero-order valence-electron chi connectivity index (χ0n) is 14.8. The second kappa shape index (κ2) is 7.60. The summed E-state index contributed by atoms with van der Waals surface area (Å²) in [6.45, 7) is 0.397. The number of carbonyl (C=O) groups is 1. The van der Waals surface area contributed by atoms with Gasteiger partial charge < -0.3 is 10.1 Å². The highest BCUT2D eigenvalue weighted by atomic mass is 32.1. The van der Waals surface area contributed by atoms with Crippen molar-refractivity contribution in [3.63, 3.8) is 0 Å². The summed E-state index contributed by atoms with van der Waals surface area (Å²) >= 11 is 1.61.